The molecule has 1 heterocycles. The molecule has 0 unspecified atom stereocenters. The number of rotatable bonds is 18. The average Bonchev–Trinajstić information content (AvgIpc) is 3.11. The third kappa shape index (κ3) is 10.5. The Balaban J connectivity index is 1.50. The number of pyridine rings is 1. The van der Waals surface area contributed by atoms with E-state index >= 15 is 0 Å². The van der Waals surface area contributed by atoms with E-state index in [1.807, 2.05) is 55.5 Å². The van der Waals surface area contributed by atoms with Crippen molar-refractivity contribution in [2.45, 2.75) is 39.1 Å². The lowest BCUT2D eigenvalue weighted by Gasteiger charge is -2.18. The third-order valence-electron chi connectivity index (χ3n) is 7.50. The number of carboxylic acid groups (broad SMARTS) is 1. The number of nitrogens with one attached hydrogen (secondary N) is 2. The molecule has 0 saturated heterocycles. The summed E-state index contributed by atoms with van der Waals surface area (Å²) in [5.74, 6) is 0.0329. The van der Waals surface area contributed by atoms with Gasteiger partial charge in [0.25, 0.3) is 0 Å². The van der Waals surface area contributed by atoms with Crippen molar-refractivity contribution < 1.29 is 34.0 Å². The van der Waals surface area contributed by atoms with E-state index in [9.17, 15) is 25.1 Å². The normalized spacial score (nSPS) is 11.2. The van der Waals surface area contributed by atoms with Crippen molar-refractivity contribution in [3.05, 3.63) is 119 Å². The summed E-state index contributed by atoms with van der Waals surface area (Å²) < 4.78 is 18.2. The van der Waals surface area contributed by atoms with E-state index in [1.165, 1.54) is 12.3 Å². The van der Waals surface area contributed by atoms with Gasteiger partial charge in [0.05, 0.1) is 23.8 Å². The maximum Gasteiger partial charge on any atom is 0.323 e. The summed E-state index contributed by atoms with van der Waals surface area (Å²) in [5.41, 5.74) is 5.51. The summed E-state index contributed by atoms with van der Waals surface area (Å²) in [7, 11) is 0. The zero-order valence-corrected chi connectivity index (χ0v) is 27.7. The molecule has 1 aromatic heterocycles. The van der Waals surface area contributed by atoms with Crippen molar-refractivity contribution in [3.63, 3.8) is 0 Å². The van der Waals surface area contributed by atoms with Crippen LogP contribution in [0, 0.1) is 18.3 Å². The number of aliphatic hydroxyl groups is 1. The fraction of sp³-hybridized carbons (Fsp3) is 0.243. The minimum absolute atomic E-state index is 0.0408. The van der Waals surface area contributed by atoms with Crippen molar-refractivity contribution in [3.8, 4) is 34.4 Å². The SMILES string of the molecule is C=CC(=O)NCCCOc1cccc(-c2cccc(COc3cc(OCc4cncc(C#N)c4)c(CN[C@H](CO)C(=O)O)cc3Cl)c2C)c1. The fourth-order valence-electron chi connectivity index (χ4n) is 4.82. The second-order valence-corrected chi connectivity index (χ2v) is 11.3. The van der Waals surface area contributed by atoms with Gasteiger partial charge in [0, 0.05) is 42.7 Å². The molecule has 1 amide bonds. The van der Waals surface area contributed by atoms with Gasteiger partial charge in [0.1, 0.15) is 42.6 Å². The number of nitrogens with zero attached hydrogens (tertiary/aromatic N) is 2. The Morgan fingerprint density at radius 1 is 1.04 bits per heavy atom. The third-order valence-corrected chi connectivity index (χ3v) is 7.80. The highest BCUT2D eigenvalue weighted by Crippen LogP contribution is 2.35. The fourth-order valence-corrected chi connectivity index (χ4v) is 5.06. The van der Waals surface area contributed by atoms with Gasteiger partial charge in [-0.25, -0.2) is 0 Å². The van der Waals surface area contributed by atoms with E-state index in [0.717, 1.165) is 22.3 Å². The largest absolute Gasteiger partial charge is 0.494 e. The van der Waals surface area contributed by atoms with Gasteiger partial charge in [-0.1, -0.05) is 48.5 Å². The Labute approximate surface area is 289 Å². The number of amides is 1. The van der Waals surface area contributed by atoms with E-state index in [-0.39, 0.29) is 30.7 Å². The van der Waals surface area contributed by atoms with Crippen LogP contribution in [0.5, 0.6) is 17.2 Å². The molecule has 12 heteroatoms. The second kappa shape index (κ2) is 18.2. The number of hydrogen-bond donors (Lipinski definition) is 4. The van der Waals surface area contributed by atoms with Crippen LogP contribution in [0.3, 0.4) is 0 Å². The molecule has 4 N–H and O–H groups in total. The Kier molecular flexibility index (Phi) is 13.5. The predicted molar refractivity (Wildman–Crippen MR) is 184 cm³/mol. The van der Waals surface area contributed by atoms with E-state index in [0.29, 0.717) is 53.5 Å². The van der Waals surface area contributed by atoms with Crippen LogP contribution in [0.15, 0.2) is 85.7 Å². The first-order chi connectivity index (χ1) is 23.7. The van der Waals surface area contributed by atoms with Gasteiger partial charge in [-0.15, -0.1) is 0 Å². The van der Waals surface area contributed by atoms with Gasteiger partial charge in [0.2, 0.25) is 5.91 Å². The Morgan fingerprint density at radius 2 is 1.84 bits per heavy atom. The molecule has 3 aromatic carbocycles. The number of aliphatic hydroxyl groups excluding tert-OH is 1. The molecule has 49 heavy (non-hydrogen) atoms. The molecular formula is C37H37ClN4O7. The number of hydrogen-bond acceptors (Lipinski definition) is 9. The highest BCUT2D eigenvalue weighted by atomic mass is 35.5. The number of ether oxygens (including phenoxy) is 3. The predicted octanol–water partition coefficient (Wildman–Crippen LogP) is 5.35. The minimum Gasteiger partial charge on any atom is -0.494 e. The number of aliphatic carboxylic acids is 1. The van der Waals surface area contributed by atoms with Gasteiger partial charge in [-0.05, 0) is 65.9 Å². The monoisotopic (exact) mass is 684 g/mol. The molecule has 0 aliphatic heterocycles. The van der Waals surface area contributed by atoms with Gasteiger partial charge in [0.15, 0.2) is 0 Å². The second-order valence-electron chi connectivity index (χ2n) is 10.9. The van der Waals surface area contributed by atoms with Crippen LogP contribution in [0.4, 0.5) is 0 Å². The molecule has 0 aliphatic rings. The van der Waals surface area contributed by atoms with Crippen LogP contribution in [-0.4, -0.2) is 52.9 Å². The van der Waals surface area contributed by atoms with Crippen LogP contribution in [-0.2, 0) is 29.3 Å². The standard InChI is InChI=1S/C37H37ClN4O7/c1-3-36(44)41-11-6-12-47-30-9-4-7-27(14-30)31-10-5-8-28(24(31)2)23-49-35-16-34(48-22-26-13-25(17-39)18-40-19-26)29(15-32(35)38)20-42-33(21-43)37(45)46/h3-5,7-10,13-16,18-19,33,42-43H,1,6,11-12,20-23H2,2H3,(H,41,44)(H,45,46)/t33-/m1/s1. The summed E-state index contributed by atoms with van der Waals surface area (Å²) in [6.45, 7) is 6.11. The quantitative estimate of drug-likeness (QED) is 0.0794. The van der Waals surface area contributed by atoms with Crippen molar-refractivity contribution in [1.82, 2.24) is 15.6 Å². The number of carbonyl (C=O) groups excluding carboxylic acids is 1. The van der Waals surface area contributed by atoms with E-state index in [4.69, 9.17) is 25.8 Å². The van der Waals surface area contributed by atoms with E-state index < -0.39 is 18.6 Å². The number of aromatic nitrogens is 1. The molecule has 11 nitrogen and oxygen atoms in total. The summed E-state index contributed by atoms with van der Waals surface area (Å²) in [5, 5.41) is 33.8. The Morgan fingerprint density at radius 3 is 2.59 bits per heavy atom. The van der Waals surface area contributed by atoms with Crippen LogP contribution in [0.25, 0.3) is 11.1 Å². The highest BCUT2D eigenvalue weighted by Gasteiger charge is 2.18. The Bertz CT molecular complexity index is 1830. The molecule has 254 valence electrons. The van der Waals surface area contributed by atoms with Crippen molar-refractivity contribution in [1.29, 1.82) is 5.26 Å². The maximum absolute atomic E-state index is 11.4. The first kappa shape index (κ1) is 36.4. The van der Waals surface area contributed by atoms with Gasteiger partial charge in [-0.3, -0.25) is 19.9 Å². The molecule has 0 radical (unpaired) electrons. The van der Waals surface area contributed by atoms with Gasteiger partial charge >= 0.3 is 5.97 Å². The van der Waals surface area contributed by atoms with Gasteiger partial charge < -0.3 is 29.7 Å². The number of carbonyl (C=O) groups is 2. The molecule has 1 atom stereocenters. The molecule has 0 fully saturated rings. The maximum atomic E-state index is 11.4. The molecule has 4 rings (SSSR count). The topological polar surface area (TPSA) is 163 Å². The van der Waals surface area contributed by atoms with Crippen molar-refractivity contribution >= 4 is 23.5 Å². The molecule has 0 bridgehead atoms. The molecule has 0 spiro atoms. The summed E-state index contributed by atoms with van der Waals surface area (Å²) >= 11 is 6.65. The van der Waals surface area contributed by atoms with Crippen LogP contribution >= 0.6 is 11.6 Å². The number of nitriles is 1. The molecule has 0 aliphatic carbocycles. The van der Waals surface area contributed by atoms with Crippen LogP contribution < -0.4 is 24.8 Å². The van der Waals surface area contributed by atoms with Crippen molar-refractivity contribution in [2.24, 2.45) is 0 Å². The lowest BCUT2D eigenvalue weighted by Crippen LogP contribution is -2.39. The van der Waals surface area contributed by atoms with Crippen LogP contribution in [0.1, 0.15) is 34.2 Å². The summed E-state index contributed by atoms with van der Waals surface area (Å²) in [6, 6.07) is 19.5. The average molecular weight is 685 g/mol. The number of carboxylic acids is 1. The molecule has 0 saturated carbocycles. The number of halogens is 1. The first-order valence-corrected chi connectivity index (χ1v) is 15.8. The zero-order valence-electron chi connectivity index (χ0n) is 26.9. The summed E-state index contributed by atoms with van der Waals surface area (Å²) in [4.78, 5) is 26.8. The molecule has 4 aromatic rings. The highest BCUT2D eigenvalue weighted by molar-refractivity contribution is 6.32. The number of benzene rings is 3. The zero-order chi connectivity index (χ0) is 35.2. The summed E-state index contributed by atoms with van der Waals surface area (Å²) in [6.07, 6.45) is 4.92. The first-order valence-electron chi connectivity index (χ1n) is 15.4. The lowest BCUT2D eigenvalue weighted by molar-refractivity contribution is -0.140. The lowest BCUT2D eigenvalue weighted by atomic mass is 9.96. The smallest absolute Gasteiger partial charge is 0.323 e. The van der Waals surface area contributed by atoms with Gasteiger partial charge in [-0.2, -0.15) is 5.26 Å². The van der Waals surface area contributed by atoms with Crippen molar-refractivity contribution in [2.75, 3.05) is 19.8 Å². The molecular weight excluding hydrogens is 648 g/mol. The Hall–Kier alpha value is -5.41. The van der Waals surface area contributed by atoms with E-state index in [2.05, 4.69) is 22.2 Å². The van der Waals surface area contributed by atoms with Crippen LogP contribution in [0.2, 0.25) is 5.02 Å². The van der Waals surface area contributed by atoms with E-state index in [1.54, 1.807) is 24.4 Å². The minimum atomic E-state index is -1.20.